The van der Waals surface area contributed by atoms with Gasteiger partial charge in [-0.05, 0) is 54.8 Å². The lowest BCUT2D eigenvalue weighted by Gasteiger charge is -2.29. The molecular weight excluding hydrogens is 472 g/mol. The predicted molar refractivity (Wildman–Crippen MR) is 143 cm³/mol. The summed E-state index contributed by atoms with van der Waals surface area (Å²) in [6.45, 7) is 4.78. The van der Waals surface area contributed by atoms with Gasteiger partial charge in [-0.15, -0.1) is 0 Å². The average molecular weight is 515 g/mol. The molecule has 1 fully saturated rings. The highest BCUT2D eigenvalue weighted by atomic mass is 16.5. The summed E-state index contributed by atoms with van der Waals surface area (Å²) in [6, 6.07) is 14.1. The second kappa shape index (κ2) is 15.4. The molecule has 0 radical (unpaired) electrons. The van der Waals surface area contributed by atoms with E-state index in [-0.39, 0.29) is 25.0 Å². The molecule has 204 valence electrons. The first-order valence-electron chi connectivity index (χ1n) is 13.4. The van der Waals surface area contributed by atoms with Crippen LogP contribution in [-0.4, -0.2) is 73.1 Å². The van der Waals surface area contributed by atoms with E-state index in [9.17, 15) is 15.0 Å². The molecule has 1 heterocycles. The maximum Gasteiger partial charge on any atom is 0.223 e. The van der Waals surface area contributed by atoms with Crippen molar-refractivity contribution in [2.24, 2.45) is 0 Å². The van der Waals surface area contributed by atoms with Crippen molar-refractivity contribution < 1.29 is 29.2 Å². The van der Waals surface area contributed by atoms with E-state index in [1.54, 1.807) is 31.4 Å². The molecule has 1 aliphatic rings. The third kappa shape index (κ3) is 9.87. The predicted octanol–water partition coefficient (Wildman–Crippen LogP) is 3.71. The number of amides is 1. The van der Waals surface area contributed by atoms with Gasteiger partial charge in [-0.2, -0.15) is 0 Å². The van der Waals surface area contributed by atoms with Gasteiger partial charge >= 0.3 is 0 Å². The molecule has 3 N–H and O–H groups in total. The van der Waals surface area contributed by atoms with Gasteiger partial charge in [-0.25, -0.2) is 0 Å². The molecule has 1 amide bonds. The highest BCUT2D eigenvalue weighted by Crippen LogP contribution is 2.23. The third-order valence-corrected chi connectivity index (χ3v) is 6.58. The van der Waals surface area contributed by atoms with Crippen molar-refractivity contribution in [2.75, 3.05) is 40.0 Å². The Morgan fingerprint density at radius 2 is 1.65 bits per heavy atom. The summed E-state index contributed by atoms with van der Waals surface area (Å²) in [5.41, 5.74) is 0.706. The lowest BCUT2D eigenvalue weighted by Crippen LogP contribution is -2.47. The average Bonchev–Trinajstić information content (AvgIpc) is 3.33. The Morgan fingerprint density at radius 1 is 1.00 bits per heavy atom. The molecule has 8 heteroatoms. The number of carbonyl (C=O) groups is 1. The molecule has 37 heavy (non-hydrogen) atoms. The normalized spacial score (nSPS) is 17.2. The van der Waals surface area contributed by atoms with Crippen molar-refractivity contribution in [1.29, 1.82) is 0 Å². The van der Waals surface area contributed by atoms with Crippen molar-refractivity contribution in [3.8, 4) is 17.2 Å². The number of rotatable bonds is 16. The molecule has 2 aromatic carbocycles. The van der Waals surface area contributed by atoms with E-state index in [4.69, 9.17) is 14.2 Å². The van der Waals surface area contributed by atoms with Crippen LogP contribution in [0.3, 0.4) is 0 Å². The first-order valence-corrected chi connectivity index (χ1v) is 13.4. The lowest BCUT2D eigenvalue weighted by molar-refractivity contribution is -0.123. The Balaban J connectivity index is 1.54. The monoisotopic (exact) mass is 514 g/mol. The Bertz CT molecular complexity index is 921. The Kier molecular flexibility index (Phi) is 12.0. The van der Waals surface area contributed by atoms with Gasteiger partial charge in [0.2, 0.25) is 5.91 Å². The molecular formula is C29H42N2O6. The number of aliphatic hydroxyl groups excluding tert-OH is 2. The van der Waals surface area contributed by atoms with Crippen LogP contribution in [0.25, 0.3) is 0 Å². The van der Waals surface area contributed by atoms with Crippen molar-refractivity contribution in [1.82, 2.24) is 10.2 Å². The number of methoxy groups -OCH3 is 1. The summed E-state index contributed by atoms with van der Waals surface area (Å²) in [5.74, 6) is 1.96. The van der Waals surface area contributed by atoms with Crippen LogP contribution in [0, 0.1) is 0 Å². The van der Waals surface area contributed by atoms with Crippen molar-refractivity contribution in [2.45, 2.75) is 63.7 Å². The first-order chi connectivity index (χ1) is 18.0. The summed E-state index contributed by atoms with van der Waals surface area (Å²) in [4.78, 5) is 14.8. The number of nitrogens with zero attached hydrogens (tertiary/aromatic N) is 1. The lowest BCUT2D eigenvalue weighted by atomic mass is 10.0. The van der Waals surface area contributed by atoms with E-state index in [1.165, 1.54) is 12.8 Å². The molecule has 0 bridgehead atoms. The van der Waals surface area contributed by atoms with Crippen LogP contribution >= 0.6 is 0 Å². The highest BCUT2D eigenvalue weighted by Gasteiger charge is 2.29. The van der Waals surface area contributed by atoms with Gasteiger partial charge in [0.05, 0.1) is 38.9 Å². The van der Waals surface area contributed by atoms with E-state index < -0.39 is 12.1 Å². The highest BCUT2D eigenvalue weighted by molar-refractivity contribution is 5.76. The van der Waals surface area contributed by atoms with Crippen LogP contribution in [0.2, 0.25) is 0 Å². The van der Waals surface area contributed by atoms with Crippen LogP contribution in [0.15, 0.2) is 48.5 Å². The van der Waals surface area contributed by atoms with E-state index in [2.05, 4.69) is 17.1 Å². The number of hydrogen-bond donors (Lipinski definition) is 3. The molecule has 1 saturated heterocycles. The van der Waals surface area contributed by atoms with E-state index in [0.717, 1.165) is 30.9 Å². The molecule has 3 atom stereocenters. The number of hydrogen-bond acceptors (Lipinski definition) is 7. The fourth-order valence-corrected chi connectivity index (χ4v) is 4.41. The number of nitrogens with one attached hydrogen (secondary N) is 1. The standard InChI is InChI=1S/C29H42N2O6/c1-3-4-5-6-18-36-25-9-7-22(8-10-25)29(34)27(21-31-17-15-23(32)20-31)30-28(33)16-19-37-26-13-11-24(35-2)12-14-26/h7-14,23,27,29,32,34H,3-6,15-21H2,1-2H3,(H,30,33)/t23-,27+,29-/m0/s1. The summed E-state index contributed by atoms with van der Waals surface area (Å²) in [7, 11) is 1.60. The quantitative estimate of drug-likeness (QED) is 0.294. The molecule has 0 aliphatic carbocycles. The number of benzene rings is 2. The van der Waals surface area contributed by atoms with Crippen LogP contribution < -0.4 is 19.5 Å². The number of β-amino-alcohol motifs (C(OH)–C–C–N with tert-alkyl or cyclic N) is 1. The van der Waals surface area contributed by atoms with E-state index in [0.29, 0.717) is 37.4 Å². The number of carbonyl (C=O) groups excluding carboxylic acids is 1. The Labute approximate surface area is 220 Å². The summed E-state index contributed by atoms with van der Waals surface area (Å²) in [5, 5.41) is 24.1. The van der Waals surface area contributed by atoms with Gasteiger partial charge in [-0.3, -0.25) is 9.69 Å². The minimum absolute atomic E-state index is 0.155. The van der Waals surface area contributed by atoms with Crippen molar-refractivity contribution in [3.05, 3.63) is 54.1 Å². The van der Waals surface area contributed by atoms with Crippen molar-refractivity contribution >= 4 is 5.91 Å². The molecule has 3 rings (SSSR count). The zero-order valence-electron chi connectivity index (χ0n) is 22.1. The molecule has 0 unspecified atom stereocenters. The van der Waals surface area contributed by atoms with Gasteiger partial charge < -0.3 is 29.7 Å². The summed E-state index contributed by atoms with van der Waals surface area (Å²) >= 11 is 0. The van der Waals surface area contributed by atoms with Gasteiger partial charge in [-0.1, -0.05) is 38.3 Å². The third-order valence-electron chi connectivity index (χ3n) is 6.58. The molecule has 2 aromatic rings. The SMILES string of the molecule is CCCCCCOc1ccc([C@H](O)[C@@H](CN2CC[C@H](O)C2)NC(=O)CCOc2ccc(OC)cc2)cc1. The zero-order valence-corrected chi connectivity index (χ0v) is 22.1. The molecule has 0 spiro atoms. The van der Waals surface area contributed by atoms with Gasteiger partial charge in [0.1, 0.15) is 23.4 Å². The molecule has 0 aromatic heterocycles. The maximum absolute atomic E-state index is 12.8. The number of unbranched alkanes of at least 4 members (excludes halogenated alkanes) is 3. The number of likely N-dealkylation sites (tertiary alicyclic amines) is 1. The molecule has 0 saturated carbocycles. The van der Waals surface area contributed by atoms with Crippen LogP contribution in [-0.2, 0) is 4.79 Å². The largest absolute Gasteiger partial charge is 0.497 e. The van der Waals surface area contributed by atoms with E-state index >= 15 is 0 Å². The molecule has 1 aliphatic heterocycles. The van der Waals surface area contributed by atoms with Gasteiger partial charge in [0.25, 0.3) is 0 Å². The topological polar surface area (TPSA) is 100 Å². The fourth-order valence-electron chi connectivity index (χ4n) is 4.41. The van der Waals surface area contributed by atoms with Gasteiger partial charge in [0, 0.05) is 19.6 Å². The summed E-state index contributed by atoms with van der Waals surface area (Å²) in [6.07, 6.45) is 4.16. The van der Waals surface area contributed by atoms with E-state index in [1.807, 2.05) is 24.3 Å². The first kappa shape index (κ1) is 28.8. The minimum Gasteiger partial charge on any atom is -0.497 e. The second-order valence-electron chi connectivity index (χ2n) is 9.57. The second-order valence-corrected chi connectivity index (χ2v) is 9.57. The maximum atomic E-state index is 12.8. The summed E-state index contributed by atoms with van der Waals surface area (Å²) < 4.78 is 16.6. The Morgan fingerprint density at radius 3 is 2.27 bits per heavy atom. The number of aliphatic hydroxyl groups is 2. The van der Waals surface area contributed by atoms with Gasteiger partial charge in [0.15, 0.2) is 0 Å². The molecule has 8 nitrogen and oxygen atoms in total. The smallest absolute Gasteiger partial charge is 0.223 e. The zero-order chi connectivity index (χ0) is 26.5. The van der Waals surface area contributed by atoms with Crippen molar-refractivity contribution in [3.63, 3.8) is 0 Å². The Hall–Kier alpha value is -2.81. The number of ether oxygens (including phenoxy) is 3. The minimum atomic E-state index is -0.900. The van der Waals surface area contributed by atoms with Crippen LogP contribution in [0.4, 0.5) is 0 Å². The van der Waals surface area contributed by atoms with Crippen LogP contribution in [0.5, 0.6) is 17.2 Å². The fraction of sp³-hybridized carbons (Fsp3) is 0.552. The van der Waals surface area contributed by atoms with Crippen LogP contribution in [0.1, 0.15) is 57.1 Å².